The number of hydrogen-bond acceptors (Lipinski definition) is 5. The van der Waals surface area contributed by atoms with E-state index in [9.17, 15) is 9.90 Å². The van der Waals surface area contributed by atoms with Gasteiger partial charge in [-0.2, -0.15) is 0 Å². The molecule has 0 unspecified atom stereocenters. The van der Waals surface area contributed by atoms with Crippen molar-refractivity contribution in [2.75, 3.05) is 44.9 Å². The Balaban J connectivity index is 2.17. The van der Waals surface area contributed by atoms with E-state index in [1.165, 1.54) is 11.8 Å². The number of hydrazine groups is 1. The highest BCUT2D eigenvalue weighted by Crippen LogP contribution is 2.27. The monoisotopic (exact) mass is 281 g/mol. The summed E-state index contributed by atoms with van der Waals surface area (Å²) in [5, 5.41) is 11.4. The van der Waals surface area contributed by atoms with Gasteiger partial charge in [-0.15, -0.1) is 11.8 Å². The Morgan fingerprint density at radius 2 is 2.00 bits per heavy atom. The number of carboxylic acid groups (broad SMARTS) is 1. The average molecular weight is 281 g/mol. The van der Waals surface area contributed by atoms with Gasteiger partial charge in [0.1, 0.15) is 0 Å². The van der Waals surface area contributed by atoms with Crippen LogP contribution < -0.4 is 5.43 Å². The molecule has 1 aromatic carbocycles. The Hall–Kier alpha value is -1.24. The highest BCUT2D eigenvalue weighted by atomic mass is 32.2. The largest absolute Gasteiger partial charge is 0.478 e. The van der Waals surface area contributed by atoms with Gasteiger partial charge in [0.05, 0.1) is 11.3 Å². The molecular formula is C13H19N3O2S. The minimum absolute atomic E-state index is 0.355. The molecule has 1 fully saturated rings. The van der Waals surface area contributed by atoms with Crippen LogP contribution in [0.15, 0.2) is 23.1 Å². The highest BCUT2D eigenvalue weighted by Gasteiger charge is 2.19. The second-order valence-corrected chi connectivity index (χ2v) is 5.44. The number of nitrogens with zero attached hydrogens (tertiary/aromatic N) is 2. The van der Waals surface area contributed by atoms with Crippen LogP contribution in [0.2, 0.25) is 0 Å². The normalized spacial score (nSPS) is 17.4. The van der Waals surface area contributed by atoms with Gasteiger partial charge in [-0.1, -0.05) is 6.07 Å². The van der Waals surface area contributed by atoms with E-state index in [0.717, 1.165) is 31.1 Å². The Bertz CT molecular complexity index is 459. The van der Waals surface area contributed by atoms with Gasteiger partial charge in [0.15, 0.2) is 0 Å². The van der Waals surface area contributed by atoms with Crippen LogP contribution >= 0.6 is 11.8 Å². The first-order valence-corrected chi connectivity index (χ1v) is 7.44. The van der Waals surface area contributed by atoms with E-state index in [2.05, 4.69) is 22.4 Å². The number of benzene rings is 1. The molecule has 1 saturated heterocycles. The lowest BCUT2D eigenvalue weighted by molar-refractivity contribution is 0.0693. The van der Waals surface area contributed by atoms with Crippen LogP contribution in [-0.2, 0) is 0 Å². The summed E-state index contributed by atoms with van der Waals surface area (Å²) in [4.78, 5) is 14.5. The van der Waals surface area contributed by atoms with Gasteiger partial charge < -0.3 is 15.4 Å². The number of piperazine rings is 1. The summed E-state index contributed by atoms with van der Waals surface area (Å²) >= 11 is 1.45. The van der Waals surface area contributed by atoms with Crippen LogP contribution in [0.3, 0.4) is 0 Å². The Morgan fingerprint density at radius 1 is 1.32 bits per heavy atom. The fraction of sp³-hybridized carbons (Fsp3) is 0.462. The Morgan fingerprint density at radius 3 is 2.58 bits per heavy atom. The molecule has 104 valence electrons. The summed E-state index contributed by atoms with van der Waals surface area (Å²) < 4.78 is 0. The number of thioether (sulfide) groups is 1. The van der Waals surface area contributed by atoms with Gasteiger partial charge in [0, 0.05) is 31.1 Å². The number of carboxylic acids is 1. The minimum Gasteiger partial charge on any atom is -0.478 e. The van der Waals surface area contributed by atoms with Crippen molar-refractivity contribution in [2.45, 2.75) is 4.90 Å². The standard InChI is InChI=1S/C13H19N3O2S/c1-15-6-8-16(9-7-15)14-10-4-3-5-11(19-2)12(10)13(17)18/h3-5,14H,6-9H2,1-2H3,(H,17,18). The maximum Gasteiger partial charge on any atom is 0.339 e. The number of nitrogens with one attached hydrogen (secondary N) is 1. The fourth-order valence-corrected chi connectivity index (χ4v) is 2.72. The lowest BCUT2D eigenvalue weighted by atomic mass is 10.2. The molecule has 6 heteroatoms. The number of likely N-dealkylation sites (N-methyl/N-ethyl adjacent to an activating group) is 1. The molecule has 0 saturated carbocycles. The minimum atomic E-state index is -0.887. The molecule has 0 spiro atoms. The van der Waals surface area contributed by atoms with Crippen molar-refractivity contribution in [2.24, 2.45) is 0 Å². The second-order valence-electron chi connectivity index (χ2n) is 4.59. The SMILES string of the molecule is CSc1cccc(NN2CCN(C)CC2)c1C(=O)O. The maximum absolute atomic E-state index is 11.4. The Kier molecular flexibility index (Phi) is 4.68. The van der Waals surface area contributed by atoms with Crippen LogP contribution in [0.5, 0.6) is 0 Å². The van der Waals surface area contributed by atoms with E-state index in [1.54, 1.807) is 0 Å². The third-order valence-corrected chi connectivity index (χ3v) is 4.02. The van der Waals surface area contributed by atoms with Gasteiger partial charge >= 0.3 is 5.97 Å². The number of carbonyl (C=O) groups is 1. The predicted octanol–water partition coefficient (Wildman–Crippen LogP) is 1.68. The molecule has 1 aromatic rings. The highest BCUT2D eigenvalue weighted by molar-refractivity contribution is 7.98. The fourth-order valence-electron chi connectivity index (χ4n) is 2.10. The van der Waals surface area contributed by atoms with Crippen LogP contribution in [-0.4, -0.2) is 60.5 Å². The second kappa shape index (κ2) is 6.27. The average Bonchev–Trinajstić information content (AvgIpc) is 2.40. The zero-order chi connectivity index (χ0) is 13.8. The first-order valence-electron chi connectivity index (χ1n) is 6.22. The molecule has 1 heterocycles. The molecule has 1 aliphatic rings. The summed E-state index contributed by atoms with van der Waals surface area (Å²) in [6.07, 6.45) is 1.89. The zero-order valence-electron chi connectivity index (χ0n) is 11.2. The van der Waals surface area contributed by atoms with Crippen molar-refractivity contribution in [3.63, 3.8) is 0 Å². The van der Waals surface area contributed by atoms with E-state index < -0.39 is 5.97 Å². The van der Waals surface area contributed by atoms with E-state index >= 15 is 0 Å². The molecule has 19 heavy (non-hydrogen) atoms. The summed E-state index contributed by atoms with van der Waals surface area (Å²) in [6, 6.07) is 5.54. The molecule has 2 N–H and O–H groups in total. The first-order chi connectivity index (χ1) is 9.11. The van der Waals surface area contributed by atoms with Crippen molar-refractivity contribution in [1.82, 2.24) is 9.91 Å². The quantitative estimate of drug-likeness (QED) is 0.819. The van der Waals surface area contributed by atoms with Gasteiger partial charge in [0.25, 0.3) is 0 Å². The molecule has 0 radical (unpaired) electrons. The van der Waals surface area contributed by atoms with Gasteiger partial charge in [-0.25, -0.2) is 9.80 Å². The number of rotatable bonds is 4. The van der Waals surface area contributed by atoms with E-state index in [0.29, 0.717) is 11.3 Å². The van der Waals surface area contributed by atoms with Gasteiger partial charge in [0.2, 0.25) is 0 Å². The van der Waals surface area contributed by atoms with Crippen molar-refractivity contribution < 1.29 is 9.90 Å². The summed E-state index contributed by atoms with van der Waals surface area (Å²) in [6.45, 7) is 3.74. The van der Waals surface area contributed by atoms with Crippen molar-refractivity contribution in [3.05, 3.63) is 23.8 Å². The zero-order valence-corrected chi connectivity index (χ0v) is 12.0. The van der Waals surface area contributed by atoms with Crippen LogP contribution in [0.25, 0.3) is 0 Å². The molecule has 0 aromatic heterocycles. The first kappa shape index (κ1) is 14.2. The van der Waals surface area contributed by atoms with Crippen molar-refractivity contribution in [1.29, 1.82) is 0 Å². The predicted molar refractivity (Wildman–Crippen MR) is 77.9 cm³/mol. The van der Waals surface area contributed by atoms with Gasteiger partial charge in [-0.05, 0) is 25.4 Å². The molecule has 0 bridgehead atoms. The molecular weight excluding hydrogens is 262 g/mol. The summed E-state index contributed by atoms with van der Waals surface area (Å²) in [5.74, 6) is -0.887. The van der Waals surface area contributed by atoms with E-state index in [4.69, 9.17) is 0 Å². The smallest absolute Gasteiger partial charge is 0.339 e. The van der Waals surface area contributed by atoms with E-state index in [-0.39, 0.29) is 0 Å². The molecule has 5 nitrogen and oxygen atoms in total. The third-order valence-electron chi connectivity index (χ3n) is 3.24. The summed E-state index contributed by atoms with van der Waals surface area (Å²) in [7, 11) is 2.09. The van der Waals surface area contributed by atoms with Crippen LogP contribution in [0, 0.1) is 0 Å². The molecule has 0 amide bonds. The lowest BCUT2D eigenvalue weighted by Crippen LogP contribution is -2.47. The van der Waals surface area contributed by atoms with Crippen LogP contribution in [0.4, 0.5) is 5.69 Å². The summed E-state index contributed by atoms with van der Waals surface area (Å²) in [5.41, 5.74) is 4.26. The maximum atomic E-state index is 11.4. The van der Waals surface area contributed by atoms with Crippen LogP contribution in [0.1, 0.15) is 10.4 Å². The molecule has 1 aliphatic heterocycles. The Labute approximate surface area is 117 Å². The third kappa shape index (κ3) is 3.40. The van der Waals surface area contributed by atoms with Crippen molar-refractivity contribution in [3.8, 4) is 0 Å². The molecule has 2 rings (SSSR count). The molecule has 0 atom stereocenters. The molecule has 0 aliphatic carbocycles. The number of hydrogen-bond donors (Lipinski definition) is 2. The van der Waals surface area contributed by atoms with E-state index in [1.807, 2.05) is 24.5 Å². The van der Waals surface area contributed by atoms with Gasteiger partial charge in [-0.3, -0.25) is 0 Å². The lowest BCUT2D eigenvalue weighted by Gasteiger charge is -2.33. The topological polar surface area (TPSA) is 55.8 Å². The number of aromatic carboxylic acids is 1. The van der Waals surface area contributed by atoms with Crippen molar-refractivity contribution >= 4 is 23.4 Å². The number of anilines is 1.